The van der Waals surface area contributed by atoms with E-state index in [0.29, 0.717) is 52.6 Å². The van der Waals surface area contributed by atoms with E-state index < -0.39 is 67.6 Å². The van der Waals surface area contributed by atoms with Gasteiger partial charge in [0, 0.05) is 29.7 Å². The van der Waals surface area contributed by atoms with Gasteiger partial charge in [-0.2, -0.15) is 10.2 Å². The second kappa shape index (κ2) is 16.5. The topological polar surface area (TPSA) is 182 Å². The number of furan rings is 1. The predicted octanol–water partition coefficient (Wildman–Crippen LogP) is 7.85. The molecule has 0 spiro atoms. The number of allylic oxidation sites excluding steroid dienone is 1. The largest absolute Gasteiger partial charge is 0.491 e. The Kier molecular flexibility index (Phi) is 11.4. The Morgan fingerprint density at radius 3 is 2.41 bits per heavy atom. The van der Waals surface area contributed by atoms with Crippen molar-refractivity contribution in [1.29, 1.82) is 5.26 Å². The monoisotopic (exact) mass is 875 g/mol. The SMILES string of the molecule is C=C[C@@H]1C[C@]1(CC(=O)[C@@H]1C[C@@H](Oc2nc(-c3ccc(OC(C)C)cc3)nc3c2oc2ccc(F)cc23)CN1C(=O)[C@@H](Cc1ccc(C#N)cc1)C(C)(C)C)C(=O)NS(=O)(=O)C1CC1. The number of hydrogen-bond donors (Lipinski definition) is 1. The molecule has 63 heavy (non-hydrogen) atoms. The van der Waals surface area contributed by atoms with Crippen LogP contribution in [-0.2, 0) is 30.8 Å². The van der Waals surface area contributed by atoms with E-state index in [-0.39, 0.29) is 55.1 Å². The summed E-state index contributed by atoms with van der Waals surface area (Å²) in [5, 5.41) is 9.15. The van der Waals surface area contributed by atoms with Gasteiger partial charge in [-0.05, 0) is 111 Å². The van der Waals surface area contributed by atoms with E-state index in [2.05, 4.69) is 17.4 Å². The highest BCUT2D eigenvalue weighted by Gasteiger charge is 2.61. The number of nitriles is 1. The van der Waals surface area contributed by atoms with E-state index in [1.807, 2.05) is 46.8 Å². The molecule has 0 radical (unpaired) electrons. The minimum absolute atomic E-state index is 0.0199. The van der Waals surface area contributed by atoms with Gasteiger partial charge < -0.3 is 18.8 Å². The van der Waals surface area contributed by atoms with Crippen LogP contribution in [0.2, 0.25) is 0 Å². The lowest BCUT2D eigenvalue weighted by Crippen LogP contribution is -2.48. The normalized spacial score (nSPS) is 21.6. The minimum atomic E-state index is -3.90. The van der Waals surface area contributed by atoms with Crippen LogP contribution in [0.4, 0.5) is 4.39 Å². The number of nitrogens with zero attached hydrogens (tertiary/aromatic N) is 4. The molecule has 0 unspecified atom stereocenters. The zero-order valence-electron chi connectivity index (χ0n) is 35.9. The van der Waals surface area contributed by atoms with Crippen LogP contribution >= 0.6 is 0 Å². The maximum atomic E-state index is 15.0. The summed E-state index contributed by atoms with van der Waals surface area (Å²) in [6, 6.07) is 19.4. The van der Waals surface area contributed by atoms with E-state index in [4.69, 9.17) is 23.9 Å². The molecule has 15 heteroatoms. The third-order valence-electron chi connectivity index (χ3n) is 12.3. The summed E-state index contributed by atoms with van der Waals surface area (Å²) in [5.41, 5.74) is 0.807. The second-order valence-corrected chi connectivity index (χ2v) is 20.4. The Labute approximate surface area is 365 Å². The number of ketones is 1. The quantitative estimate of drug-likeness (QED) is 0.101. The number of aromatic nitrogens is 2. The first-order valence-corrected chi connectivity index (χ1v) is 22.8. The van der Waals surface area contributed by atoms with Crippen molar-refractivity contribution in [2.45, 2.75) is 96.6 Å². The molecular weight excluding hydrogens is 826 g/mol. The Morgan fingerprint density at radius 1 is 1.08 bits per heavy atom. The number of ether oxygens (including phenoxy) is 2. The highest BCUT2D eigenvalue weighted by molar-refractivity contribution is 7.90. The molecule has 3 aliphatic rings. The van der Waals surface area contributed by atoms with Crippen LogP contribution in [0.1, 0.15) is 77.8 Å². The van der Waals surface area contributed by atoms with Crippen molar-refractivity contribution in [3.05, 3.63) is 96.3 Å². The van der Waals surface area contributed by atoms with E-state index in [1.165, 1.54) is 23.1 Å². The Hall–Kier alpha value is -6.14. The Balaban J connectivity index is 1.15. The van der Waals surface area contributed by atoms with Crippen LogP contribution in [-0.4, -0.2) is 70.9 Å². The van der Waals surface area contributed by atoms with Crippen LogP contribution in [0.15, 0.2) is 83.8 Å². The van der Waals surface area contributed by atoms with Gasteiger partial charge >= 0.3 is 0 Å². The van der Waals surface area contributed by atoms with Gasteiger partial charge in [-0.15, -0.1) is 6.58 Å². The van der Waals surface area contributed by atoms with Crippen molar-refractivity contribution in [2.75, 3.05) is 6.54 Å². The number of amides is 2. The van der Waals surface area contributed by atoms with Gasteiger partial charge in [0.05, 0.1) is 41.0 Å². The summed E-state index contributed by atoms with van der Waals surface area (Å²) in [6.07, 6.45) is 1.87. The lowest BCUT2D eigenvalue weighted by molar-refractivity contribution is -0.144. The number of likely N-dealkylation sites (tertiary alicyclic amines) is 1. The van der Waals surface area contributed by atoms with Gasteiger partial charge in [0.25, 0.3) is 5.88 Å². The highest BCUT2D eigenvalue weighted by Crippen LogP contribution is 2.57. The van der Waals surface area contributed by atoms with Crippen molar-refractivity contribution in [3.8, 4) is 29.1 Å². The minimum Gasteiger partial charge on any atom is -0.491 e. The van der Waals surface area contributed by atoms with Crippen molar-refractivity contribution < 1.29 is 41.1 Å². The van der Waals surface area contributed by atoms with Gasteiger partial charge in [-0.3, -0.25) is 19.1 Å². The number of benzene rings is 3. The summed E-state index contributed by atoms with van der Waals surface area (Å²) >= 11 is 0. The van der Waals surface area contributed by atoms with Gasteiger partial charge in [-0.1, -0.05) is 39.0 Å². The molecule has 0 bridgehead atoms. The standard InChI is InChI=1S/C48H50FN5O8S/c1-7-31-23-48(31,46(57)53-63(58,59)35-17-18-35)24-39(55)38-22-34(26-54(38)45(56)37(47(4,5)6)20-28-8-10-29(25-50)11-9-28)61-44-42-41(36-21-32(49)14-19-40(36)62-42)51-43(52-44)30-12-15-33(16-13-30)60-27(2)3/h7-16,19,21,27,31,34-35,37-38H,1,17-18,20,22-24,26H2,2-6H3,(H,53,57)/t31-,34-,37-,38+,48-/m1/s1. The maximum Gasteiger partial charge on any atom is 0.262 e. The molecule has 2 aromatic heterocycles. The first-order valence-electron chi connectivity index (χ1n) is 21.2. The van der Waals surface area contributed by atoms with Crippen LogP contribution < -0.4 is 14.2 Å². The molecule has 3 aromatic carbocycles. The van der Waals surface area contributed by atoms with Gasteiger partial charge in [0.1, 0.15) is 28.8 Å². The molecule has 8 rings (SSSR count). The van der Waals surface area contributed by atoms with E-state index in [9.17, 15) is 27.7 Å². The molecule has 2 aliphatic carbocycles. The van der Waals surface area contributed by atoms with Crippen LogP contribution in [0.3, 0.4) is 0 Å². The molecule has 5 atom stereocenters. The van der Waals surface area contributed by atoms with Gasteiger partial charge in [-0.25, -0.2) is 17.8 Å². The van der Waals surface area contributed by atoms with Gasteiger partial charge in [0.2, 0.25) is 27.4 Å². The summed E-state index contributed by atoms with van der Waals surface area (Å²) in [6.45, 7) is 13.5. The molecule has 1 saturated heterocycles. The molecule has 2 saturated carbocycles. The number of Topliss-reactive ketones (excluding diaryl/α,β-unsaturated/α-hetero) is 1. The van der Waals surface area contributed by atoms with Crippen LogP contribution in [0.25, 0.3) is 33.5 Å². The third-order valence-corrected chi connectivity index (χ3v) is 14.2. The Bertz CT molecular complexity index is 2770. The average Bonchev–Trinajstić information content (AvgIpc) is 4.15. The number of carbonyl (C=O) groups is 3. The Morgan fingerprint density at radius 2 is 1.79 bits per heavy atom. The molecule has 2 amide bonds. The first kappa shape index (κ1) is 43.5. The fourth-order valence-electron chi connectivity index (χ4n) is 8.57. The predicted molar refractivity (Wildman–Crippen MR) is 233 cm³/mol. The number of fused-ring (bicyclic) bond motifs is 3. The van der Waals surface area contributed by atoms with Crippen molar-refractivity contribution >= 4 is 49.7 Å². The number of nitrogens with one attached hydrogen (secondary N) is 1. The number of rotatable bonds is 15. The summed E-state index contributed by atoms with van der Waals surface area (Å²) in [5.74, 6) is -2.10. The molecule has 3 heterocycles. The number of sulfonamides is 1. The summed E-state index contributed by atoms with van der Waals surface area (Å²) in [7, 11) is -3.90. The smallest absolute Gasteiger partial charge is 0.262 e. The molecule has 13 nitrogen and oxygen atoms in total. The number of hydrogen-bond acceptors (Lipinski definition) is 11. The van der Waals surface area contributed by atoms with Crippen LogP contribution in [0.5, 0.6) is 11.6 Å². The van der Waals surface area contributed by atoms with Crippen molar-refractivity contribution in [3.63, 3.8) is 0 Å². The second-order valence-electron chi connectivity index (χ2n) is 18.4. The molecule has 1 N–H and O–H groups in total. The van der Waals surface area contributed by atoms with Gasteiger partial charge in [0.15, 0.2) is 11.6 Å². The van der Waals surface area contributed by atoms with E-state index in [1.54, 1.807) is 42.5 Å². The first-order chi connectivity index (χ1) is 29.9. The molecule has 328 valence electrons. The molecule has 3 fully saturated rings. The third kappa shape index (κ3) is 8.91. The number of halogens is 1. The fourth-order valence-corrected chi connectivity index (χ4v) is 9.95. The summed E-state index contributed by atoms with van der Waals surface area (Å²) in [4.78, 5) is 54.7. The van der Waals surface area contributed by atoms with Crippen molar-refractivity contribution in [2.24, 2.45) is 22.7 Å². The lowest BCUT2D eigenvalue weighted by Gasteiger charge is -2.35. The number of carbonyl (C=O) groups excluding carboxylic acids is 3. The average molecular weight is 876 g/mol. The summed E-state index contributed by atoms with van der Waals surface area (Å²) < 4.78 is 61.4. The van der Waals surface area contributed by atoms with Crippen LogP contribution in [0, 0.1) is 39.8 Å². The van der Waals surface area contributed by atoms with E-state index >= 15 is 4.79 Å². The highest BCUT2D eigenvalue weighted by atomic mass is 32.2. The molecule has 5 aromatic rings. The molecule has 1 aliphatic heterocycles. The zero-order chi connectivity index (χ0) is 45.0. The lowest BCUT2D eigenvalue weighted by atomic mass is 9.76. The van der Waals surface area contributed by atoms with Crippen molar-refractivity contribution in [1.82, 2.24) is 19.6 Å². The maximum absolute atomic E-state index is 15.0. The zero-order valence-corrected chi connectivity index (χ0v) is 36.7. The molecular formula is C48H50FN5O8S. The fraction of sp³-hybridized carbons (Fsp3) is 0.417. The van der Waals surface area contributed by atoms with E-state index in [0.717, 1.165) is 5.56 Å².